The molecule has 1 saturated heterocycles. The van der Waals surface area contributed by atoms with Crippen molar-refractivity contribution in [3.63, 3.8) is 0 Å². The summed E-state index contributed by atoms with van der Waals surface area (Å²) in [5.74, 6) is 0.142. The molecule has 6 heteroatoms. The molecule has 1 aliphatic rings. The molecule has 1 aromatic carbocycles. The van der Waals surface area contributed by atoms with E-state index < -0.39 is 6.41 Å². The summed E-state index contributed by atoms with van der Waals surface area (Å²) < 4.78 is 10.00. The molecule has 1 aromatic rings. The van der Waals surface area contributed by atoms with Gasteiger partial charge in [-0.1, -0.05) is 0 Å². The van der Waals surface area contributed by atoms with Crippen LogP contribution in [-0.2, 0) is 4.74 Å². The highest BCUT2D eigenvalue weighted by Crippen LogP contribution is 2.17. The van der Waals surface area contributed by atoms with Crippen molar-refractivity contribution in [1.29, 1.82) is 0 Å². The summed E-state index contributed by atoms with van der Waals surface area (Å²) >= 11 is 0. The van der Waals surface area contributed by atoms with E-state index in [0.29, 0.717) is 11.3 Å². The van der Waals surface area contributed by atoms with Crippen molar-refractivity contribution in [3.05, 3.63) is 29.8 Å². The number of rotatable bonds is 4. The van der Waals surface area contributed by atoms with Crippen molar-refractivity contribution in [1.82, 2.24) is 4.90 Å². The van der Waals surface area contributed by atoms with Gasteiger partial charge in [0, 0.05) is 13.1 Å². The number of likely N-dealkylation sites (tertiary alicyclic amines) is 1. The Kier molecular flexibility index (Phi) is 6.08. The first kappa shape index (κ1) is 15.8. The summed E-state index contributed by atoms with van der Waals surface area (Å²) in [6.07, 6.45) is 1.25. The van der Waals surface area contributed by atoms with Gasteiger partial charge in [0.15, 0.2) is 0 Å². The van der Waals surface area contributed by atoms with E-state index >= 15 is 0 Å². The van der Waals surface area contributed by atoms with Gasteiger partial charge in [0.25, 0.3) is 6.41 Å². The number of methoxy groups -OCH3 is 1. The summed E-state index contributed by atoms with van der Waals surface area (Å²) in [7, 11) is 1.34. The number of carbonyl (C=O) groups excluding carboxylic acids is 1. The van der Waals surface area contributed by atoms with Gasteiger partial charge in [-0.05, 0) is 37.1 Å². The summed E-state index contributed by atoms with van der Waals surface area (Å²) in [5, 5.41) is 9.84. The lowest BCUT2D eigenvalue weighted by molar-refractivity contribution is -0.126. The molecule has 0 aromatic heterocycles. The lowest BCUT2D eigenvalue weighted by Gasteiger charge is -2.22. The molecule has 1 atom stereocenters. The Bertz CT molecular complexity index is 404. The quantitative estimate of drug-likeness (QED) is 0.674. The van der Waals surface area contributed by atoms with E-state index in [1.54, 1.807) is 24.3 Å². The highest BCUT2D eigenvalue weighted by Gasteiger charge is 2.20. The number of halogens is 1. The zero-order valence-corrected chi connectivity index (χ0v) is 11.6. The molecule has 0 saturated carbocycles. The number of aliphatic hydroxyl groups excluding tert-OH is 1. The van der Waals surface area contributed by atoms with Gasteiger partial charge in [0.1, 0.15) is 5.75 Å². The maximum Gasteiger partial charge on any atom is 0.337 e. The molecule has 19 heavy (non-hydrogen) atoms. The SMILES string of the molecule is COC(=O)c1ccc(OC(O)N2CCCC2)cc1.Cl. The van der Waals surface area contributed by atoms with Crippen LogP contribution in [0.15, 0.2) is 24.3 Å². The van der Waals surface area contributed by atoms with Crippen molar-refractivity contribution >= 4 is 18.4 Å². The van der Waals surface area contributed by atoms with E-state index in [1.165, 1.54) is 7.11 Å². The maximum absolute atomic E-state index is 11.2. The molecule has 0 radical (unpaired) electrons. The molecule has 0 aliphatic carbocycles. The molecular weight excluding hydrogens is 270 g/mol. The molecular formula is C13H18ClNO4. The maximum atomic E-state index is 11.2. The minimum absolute atomic E-state index is 0. The first-order chi connectivity index (χ1) is 8.70. The minimum atomic E-state index is -0.920. The summed E-state index contributed by atoms with van der Waals surface area (Å²) in [5.41, 5.74) is 0.459. The summed E-state index contributed by atoms with van der Waals surface area (Å²) in [6.45, 7) is 1.70. The van der Waals surface area contributed by atoms with Gasteiger partial charge in [-0.25, -0.2) is 9.69 Å². The molecule has 0 spiro atoms. The Labute approximate surface area is 118 Å². The van der Waals surface area contributed by atoms with Crippen molar-refractivity contribution in [2.24, 2.45) is 0 Å². The fourth-order valence-electron chi connectivity index (χ4n) is 1.95. The number of esters is 1. The van der Waals surface area contributed by atoms with Crippen LogP contribution in [0.4, 0.5) is 0 Å². The Morgan fingerprint density at radius 3 is 2.37 bits per heavy atom. The largest absolute Gasteiger partial charge is 0.465 e. The molecule has 1 fully saturated rings. The predicted octanol–water partition coefficient (Wildman–Crippen LogP) is 1.65. The number of ether oxygens (including phenoxy) is 2. The highest BCUT2D eigenvalue weighted by molar-refractivity contribution is 5.89. The first-order valence-corrected chi connectivity index (χ1v) is 5.98. The van der Waals surface area contributed by atoms with Crippen molar-refractivity contribution in [2.75, 3.05) is 20.2 Å². The second-order valence-corrected chi connectivity index (χ2v) is 4.20. The summed E-state index contributed by atoms with van der Waals surface area (Å²) in [4.78, 5) is 13.1. The normalized spacial score (nSPS) is 16.5. The van der Waals surface area contributed by atoms with E-state index in [1.807, 2.05) is 4.90 Å². The Hall–Kier alpha value is -1.30. The highest BCUT2D eigenvalue weighted by atomic mass is 35.5. The number of hydrogen-bond acceptors (Lipinski definition) is 5. The lowest BCUT2D eigenvalue weighted by atomic mass is 10.2. The number of benzene rings is 1. The topological polar surface area (TPSA) is 59.0 Å². The Morgan fingerprint density at radius 2 is 1.84 bits per heavy atom. The van der Waals surface area contributed by atoms with Crippen molar-refractivity contribution < 1.29 is 19.4 Å². The molecule has 5 nitrogen and oxygen atoms in total. The molecule has 2 rings (SSSR count). The number of hydrogen-bond donors (Lipinski definition) is 1. The third-order valence-electron chi connectivity index (χ3n) is 2.97. The molecule has 1 aliphatic heterocycles. The van der Waals surface area contributed by atoms with Crippen molar-refractivity contribution in [2.45, 2.75) is 19.3 Å². The lowest BCUT2D eigenvalue weighted by Crippen LogP contribution is -2.37. The smallest absolute Gasteiger partial charge is 0.337 e. The fraction of sp³-hybridized carbons (Fsp3) is 0.462. The third-order valence-corrected chi connectivity index (χ3v) is 2.97. The summed E-state index contributed by atoms with van der Waals surface area (Å²) in [6, 6.07) is 6.51. The molecule has 0 amide bonds. The average molecular weight is 288 g/mol. The van der Waals surface area contributed by atoms with Gasteiger partial charge in [0.05, 0.1) is 12.7 Å². The average Bonchev–Trinajstić information content (AvgIpc) is 2.92. The molecule has 1 N–H and O–H groups in total. The standard InChI is InChI=1S/C13H17NO4.ClH/c1-17-12(15)10-4-6-11(7-5-10)18-13(16)14-8-2-3-9-14;/h4-7,13,16H,2-3,8-9H2,1H3;1H. The van der Waals surface area contributed by atoms with Gasteiger partial charge in [0.2, 0.25) is 0 Å². The van der Waals surface area contributed by atoms with Crippen LogP contribution in [0.1, 0.15) is 23.2 Å². The zero-order chi connectivity index (χ0) is 13.0. The van der Waals surface area contributed by atoms with Crippen LogP contribution < -0.4 is 4.74 Å². The Morgan fingerprint density at radius 1 is 1.26 bits per heavy atom. The third kappa shape index (κ3) is 4.09. The molecule has 106 valence electrons. The number of aliphatic hydroxyl groups is 1. The van der Waals surface area contributed by atoms with E-state index in [-0.39, 0.29) is 18.4 Å². The van der Waals surface area contributed by atoms with Crippen LogP contribution in [0.5, 0.6) is 5.75 Å². The van der Waals surface area contributed by atoms with Gasteiger partial charge >= 0.3 is 5.97 Å². The van der Waals surface area contributed by atoms with E-state index in [0.717, 1.165) is 25.9 Å². The molecule has 0 bridgehead atoms. The minimum Gasteiger partial charge on any atom is -0.465 e. The zero-order valence-electron chi connectivity index (χ0n) is 10.7. The first-order valence-electron chi connectivity index (χ1n) is 5.98. The van der Waals surface area contributed by atoms with Crippen LogP contribution in [0, 0.1) is 0 Å². The van der Waals surface area contributed by atoms with Crippen LogP contribution >= 0.6 is 12.4 Å². The van der Waals surface area contributed by atoms with Gasteiger partial charge in [-0.3, -0.25) is 0 Å². The number of carbonyl (C=O) groups is 1. The van der Waals surface area contributed by atoms with Gasteiger partial charge in [-0.2, -0.15) is 0 Å². The molecule has 1 unspecified atom stereocenters. The monoisotopic (exact) mass is 287 g/mol. The predicted molar refractivity (Wildman–Crippen MR) is 72.5 cm³/mol. The van der Waals surface area contributed by atoms with Gasteiger partial charge in [-0.15, -0.1) is 12.4 Å². The van der Waals surface area contributed by atoms with E-state index in [2.05, 4.69) is 4.74 Å². The van der Waals surface area contributed by atoms with Crippen LogP contribution in [0.3, 0.4) is 0 Å². The van der Waals surface area contributed by atoms with Crippen molar-refractivity contribution in [3.8, 4) is 5.75 Å². The molecule has 1 heterocycles. The number of nitrogens with zero attached hydrogens (tertiary/aromatic N) is 1. The van der Waals surface area contributed by atoms with Crippen LogP contribution in [0.2, 0.25) is 0 Å². The second kappa shape index (κ2) is 7.33. The Balaban J connectivity index is 0.00000180. The van der Waals surface area contributed by atoms with Crippen LogP contribution in [-0.4, -0.2) is 42.6 Å². The van der Waals surface area contributed by atoms with Gasteiger partial charge < -0.3 is 14.6 Å². The van der Waals surface area contributed by atoms with E-state index in [9.17, 15) is 9.90 Å². The second-order valence-electron chi connectivity index (χ2n) is 4.20. The van der Waals surface area contributed by atoms with E-state index in [4.69, 9.17) is 4.74 Å². The van der Waals surface area contributed by atoms with Crippen LogP contribution in [0.25, 0.3) is 0 Å². The fourth-order valence-corrected chi connectivity index (χ4v) is 1.95.